The Hall–Kier alpha value is -0.920. The number of nitrogens with one attached hydrogen (secondary N) is 1. The number of rotatable bonds is 5. The number of nitrogens with zero attached hydrogens (tertiary/aromatic N) is 1. The van der Waals surface area contributed by atoms with Crippen LogP contribution in [0.25, 0.3) is 0 Å². The van der Waals surface area contributed by atoms with E-state index in [0.717, 1.165) is 38.6 Å². The van der Waals surface area contributed by atoms with Crippen LogP contribution in [0.5, 0.6) is 0 Å². The van der Waals surface area contributed by atoms with E-state index in [-0.39, 0.29) is 11.9 Å². The van der Waals surface area contributed by atoms with Crippen LogP contribution in [0.15, 0.2) is 21.7 Å². The molecule has 5 nitrogen and oxygen atoms in total. The monoisotopic (exact) mass is 370 g/mol. The lowest BCUT2D eigenvalue weighted by atomic mass is 10.0. The van der Waals surface area contributed by atoms with Crippen LogP contribution in [0.3, 0.4) is 0 Å². The quantitative estimate of drug-likeness (QED) is 0.866. The molecule has 3 rings (SSSR count). The minimum Gasteiger partial charge on any atom is -0.341 e. The summed E-state index contributed by atoms with van der Waals surface area (Å²) < 4.78 is 28.0. The molecular formula is C17H26N2O3S2. The number of carbonyl (C=O) groups excluding carboxylic acids is 1. The second-order valence-electron chi connectivity index (χ2n) is 6.94. The van der Waals surface area contributed by atoms with E-state index in [1.807, 2.05) is 4.90 Å². The molecule has 2 fully saturated rings. The average Bonchev–Trinajstić information content (AvgIpc) is 3.19. The Morgan fingerprint density at radius 3 is 2.67 bits per heavy atom. The van der Waals surface area contributed by atoms with Crippen molar-refractivity contribution in [1.29, 1.82) is 0 Å². The molecule has 1 aliphatic heterocycles. The highest BCUT2D eigenvalue weighted by atomic mass is 32.2. The number of sulfonamides is 1. The van der Waals surface area contributed by atoms with E-state index in [0.29, 0.717) is 23.1 Å². The molecule has 1 N–H and O–H groups in total. The fourth-order valence-electron chi connectivity index (χ4n) is 3.75. The number of amides is 1. The van der Waals surface area contributed by atoms with Gasteiger partial charge in [0.2, 0.25) is 15.9 Å². The summed E-state index contributed by atoms with van der Waals surface area (Å²) in [7, 11) is -3.47. The molecule has 0 aromatic carbocycles. The molecule has 0 spiro atoms. The van der Waals surface area contributed by atoms with Gasteiger partial charge in [-0.05, 0) is 43.0 Å². The summed E-state index contributed by atoms with van der Waals surface area (Å²) in [6.07, 6.45) is 8.12. The maximum Gasteiger partial charge on any atom is 0.250 e. The van der Waals surface area contributed by atoms with Crippen molar-refractivity contribution in [1.82, 2.24) is 9.62 Å². The van der Waals surface area contributed by atoms with Gasteiger partial charge in [-0.15, -0.1) is 11.3 Å². The third-order valence-electron chi connectivity index (χ3n) is 5.04. The molecule has 0 bridgehead atoms. The van der Waals surface area contributed by atoms with Crippen molar-refractivity contribution in [3.63, 3.8) is 0 Å². The van der Waals surface area contributed by atoms with E-state index in [9.17, 15) is 13.2 Å². The molecule has 1 aromatic rings. The van der Waals surface area contributed by atoms with Gasteiger partial charge in [-0.25, -0.2) is 13.1 Å². The Morgan fingerprint density at radius 2 is 1.96 bits per heavy atom. The van der Waals surface area contributed by atoms with E-state index in [1.54, 1.807) is 17.5 Å². The highest BCUT2D eigenvalue weighted by molar-refractivity contribution is 7.91. The highest BCUT2D eigenvalue weighted by Gasteiger charge is 2.28. The first-order valence-corrected chi connectivity index (χ1v) is 11.2. The van der Waals surface area contributed by atoms with Crippen LogP contribution in [0.4, 0.5) is 0 Å². The van der Waals surface area contributed by atoms with Gasteiger partial charge in [-0.1, -0.05) is 25.3 Å². The Kier molecular flexibility index (Phi) is 5.94. The predicted octanol–water partition coefficient (Wildman–Crippen LogP) is 2.99. The van der Waals surface area contributed by atoms with Crippen LogP contribution >= 0.6 is 11.3 Å². The zero-order chi connectivity index (χ0) is 17.0. The summed E-state index contributed by atoms with van der Waals surface area (Å²) in [6, 6.07) is 3.17. The first-order chi connectivity index (χ1) is 11.5. The van der Waals surface area contributed by atoms with E-state index in [2.05, 4.69) is 4.72 Å². The van der Waals surface area contributed by atoms with Crippen molar-refractivity contribution >= 4 is 27.3 Å². The molecule has 134 valence electrons. The van der Waals surface area contributed by atoms with Crippen molar-refractivity contribution < 1.29 is 13.2 Å². The van der Waals surface area contributed by atoms with Crippen LogP contribution in [0.2, 0.25) is 0 Å². The van der Waals surface area contributed by atoms with Gasteiger partial charge < -0.3 is 4.90 Å². The van der Waals surface area contributed by atoms with Crippen molar-refractivity contribution in [3.05, 3.63) is 17.5 Å². The predicted molar refractivity (Wildman–Crippen MR) is 95.4 cm³/mol. The standard InChI is InChI=1S/C17H26N2O3S2/c20-16(12-14-6-1-2-7-14)19-10-4-3-8-15(13-19)18-24(21,22)17-9-5-11-23-17/h5,9,11,14-15,18H,1-4,6-8,10,12-13H2. The third-order valence-corrected chi connectivity index (χ3v) is 7.96. The topological polar surface area (TPSA) is 66.5 Å². The summed E-state index contributed by atoms with van der Waals surface area (Å²) in [5, 5.41) is 1.76. The fourth-order valence-corrected chi connectivity index (χ4v) is 6.02. The van der Waals surface area contributed by atoms with Gasteiger partial charge in [0.15, 0.2) is 0 Å². The van der Waals surface area contributed by atoms with Crippen LogP contribution < -0.4 is 4.72 Å². The molecule has 1 amide bonds. The van der Waals surface area contributed by atoms with Gasteiger partial charge in [0.05, 0.1) is 0 Å². The molecule has 1 unspecified atom stereocenters. The summed E-state index contributed by atoms with van der Waals surface area (Å²) in [5.74, 6) is 0.728. The van der Waals surface area contributed by atoms with Crippen molar-refractivity contribution in [2.24, 2.45) is 5.92 Å². The summed E-state index contributed by atoms with van der Waals surface area (Å²) in [6.45, 7) is 1.25. The summed E-state index contributed by atoms with van der Waals surface area (Å²) >= 11 is 1.22. The first-order valence-electron chi connectivity index (χ1n) is 8.88. The smallest absolute Gasteiger partial charge is 0.250 e. The molecular weight excluding hydrogens is 344 g/mol. The fraction of sp³-hybridized carbons (Fsp3) is 0.706. The van der Waals surface area contributed by atoms with Gasteiger partial charge in [-0.3, -0.25) is 4.79 Å². The van der Waals surface area contributed by atoms with Crippen LogP contribution in [-0.4, -0.2) is 38.4 Å². The minimum atomic E-state index is -3.47. The summed E-state index contributed by atoms with van der Waals surface area (Å²) in [4.78, 5) is 14.5. The SMILES string of the molecule is O=C(CC1CCCC1)N1CCCCC(NS(=O)(=O)c2cccs2)C1. The van der Waals surface area contributed by atoms with E-state index < -0.39 is 10.0 Å². The van der Waals surface area contributed by atoms with Crippen molar-refractivity contribution in [2.75, 3.05) is 13.1 Å². The van der Waals surface area contributed by atoms with Crippen LogP contribution in [0.1, 0.15) is 51.4 Å². The number of thiophene rings is 1. The molecule has 1 atom stereocenters. The number of hydrogen-bond donors (Lipinski definition) is 1. The highest BCUT2D eigenvalue weighted by Crippen LogP contribution is 2.28. The minimum absolute atomic E-state index is 0.188. The zero-order valence-electron chi connectivity index (χ0n) is 13.9. The maximum atomic E-state index is 12.6. The Bertz CT molecular complexity index is 637. The zero-order valence-corrected chi connectivity index (χ0v) is 15.6. The molecule has 1 saturated heterocycles. The molecule has 1 aliphatic carbocycles. The average molecular weight is 371 g/mol. The lowest BCUT2D eigenvalue weighted by molar-refractivity contribution is -0.132. The number of hydrogen-bond acceptors (Lipinski definition) is 4. The van der Waals surface area contributed by atoms with E-state index in [4.69, 9.17) is 0 Å². The van der Waals surface area contributed by atoms with Crippen molar-refractivity contribution in [3.8, 4) is 0 Å². The molecule has 7 heteroatoms. The van der Waals surface area contributed by atoms with Gasteiger partial charge in [0.1, 0.15) is 4.21 Å². The molecule has 2 heterocycles. The van der Waals surface area contributed by atoms with E-state index in [1.165, 1.54) is 24.2 Å². The number of carbonyl (C=O) groups is 1. The Labute approximate surface area is 148 Å². The number of likely N-dealkylation sites (tertiary alicyclic amines) is 1. The lowest BCUT2D eigenvalue weighted by Crippen LogP contribution is -2.44. The van der Waals surface area contributed by atoms with Gasteiger partial charge in [-0.2, -0.15) is 0 Å². The molecule has 1 saturated carbocycles. The largest absolute Gasteiger partial charge is 0.341 e. The second kappa shape index (κ2) is 7.97. The molecule has 24 heavy (non-hydrogen) atoms. The Balaban J connectivity index is 1.61. The Morgan fingerprint density at radius 1 is 1.21 bits per heavy atom. The lowest BCUT2D eigenvalue weighted by Gasteiger charge is -2.26. The van der Waals surface area contributed by atoms with Crippen LogP contribution in [-0.2, 0) is 14.8 Å². The van der Waals surface area contributed by atoms with Gasteiger partial charge in [0.25, 0.3) is 0 Å². The second-order valence-corrected chi connectivity index (χ2v) is 9.83. The first kappa shape index (κ1) is 17.9. The molecule has 2 aliphatic rings. The maximum absolute atomic E-state index is 12.6. The molecule has 0 radical (unpaired) electrons. The van der Waals surface area contributed by atoms with Crippen molar-refractivity contribution in [2.45, 2.75) is 61.6 Å². The summed E-state index contributed by atoms with van der Waals surface area (Å²) in [5.41, 5.74) is 0. The third kappa shape index (κ3) is 4.58. The van der Waals surface area contributed by atoms with Gasteiger partial charge >= 0.3 is 0 Å². The normalized spacial score (nSPS) is 23.3. The van der Waals surface area contributed by atoms with E-state index >= 15 is 0 Å². The van der Waals surface area contributed by atoms with Crippen LogP contribution in [0, 0.1) is 5.92 Å². The van der Waals surface area contributed by atoms with Gasteiger partial charge in [0, 0.05) is 25.6 Å². The molecule has 1 aromatic heterocycles.